The van der Waals surface area contributed by atoms with Gasteiger partial charge in [-0.1, -0.05) is 11.6 Å². The quantitative estimate of drug-likeness (QED) is 0.654. The van der Waals surface area contributed by atoms with Crippen LogP contribution in [0, 0.1) is 5.92 Å². The van der Waals surface area contributed by atoms with Gasteiger partial charge in [0.05, 0.1) is 24.8 Å². The molecule has 0 amide bonds. The highest BCUT2D eigenvalue weighted by Crippen LogP contribution is 2.37. The molecule has 1 atom stereocenters. The molecule has 1 aromatic rings. The first-order valence-electron chi connectivity index (χ1n) is 8.75. The number of benzene rings is 1. The first-order chi connectivity index (χ1) is 12.2. The maximum atomic E-state index is 6.36. The first-order valence-corrected chi connectivity index (χ1v) is 9.12. The van der Waals surface area contributed by atoms with Crippen LogP contribution in [0.1, 0.15) is 18.4 Å². The van der Waals surface area contributed by atoms with Gasteiger partial charge in [-0.25, -0.2) is 0 Å². The Hall–Kier alpha value is -1.66. The van der Waals surface area contributed by atoms with Gasteiger partial charge in [0.15, 0.2) is 17.5 Å². The van der Waals surface area contributed by atoms with Crippen LogP contribution in [0.4, 0.5) is 0 Å². The third-order valence-electron chi connectivity index (χ3n) is 4.44. The van der Waals surface area contributed by atoms with Gasteiger partial charge in [-0.3, -0.25) is 4.99 Å². The van der Waals surface area contributed by atoms with E-state index in [9.17, 15) is 0 Å². The van der Waals surface area contributed by atoms with Gasteiger partial charge in [0, 0.05) is 46.1 Å². The largest absolute Gasteiger partial charge is 0.489 e. The fourth-order valence-corrected chi connectivity index (χ4v) is 3.44. The van der Waals surface area contributed by atoms with Gasteiger partial charge in [0.25, 0.3) is 0 Å². The highest BCUT2D eigenvalue weighted by Gasteiger charge is 2.19. The van der Waals surface area contributed by atoms with Gasteiger partial charge < -0.3 is 24.4 Å². The SMILES string of the molecule is CN=C(NCc1cc(Cl)c2c(c1)OCCCO2)N(C)CC1CCOC1. The Kier molecular flexibility index (Phi) is 6.26. The average Bonchev–Trinajstić information content (AvgIpc) is 2.98. The van der Waals surface area contributed by atoms with Crippen molar-refractivity contribution in [1.29, 1.82) is 0 Å². The minimum atomic E-state index is 0.566. The summed E-state index contributed by atoms with van der Waals surface area (Å²) in [7, 11) is 3.85. The van der Waals surface area contributed by atoms with Crippen LogP contribution in [0.25, 0.3) is 0 Å². The molecule has 1 N–H and O–H groups in total. The van der Waals surface area contributed by atoms with Crippen molar-refractivity contribution in [2.75, 3.05) is 47.1 Å². The lowest BCUT2D eigenvalue weighted by atomic mass is 10.1. The van der Waals surface area contributed by atoms with Crippen molar-refractivity contribution in [3.63, 3.8) is 0 Å². The van der Waals surface area contributed by atoms with E-state index in [-0.39, 0.29) is 0 Å². The zero-order valence-electron chi connectivity index (χ0n) is 14.9. The number of ether oxygens (including phenoxy) is 3. The van der Waals surface area contributed by atoms with Crippen LogP contribution in [-0.4, -0.2) is 57.9 Å². The Balaban J connectivity index is 1.61. The van der Waals surface area contributed by atoms with Gasteiger partial charge >= 0.3 is 0 Å². The van der Waals surface area contributed by atoms with Gasteiger partial charge in [0.1, 0.15) is 0 Å². The van der Waals surface area contributed by atoms with Crippen LogP contribution < -0.4 is 14.8 Å². The molecule has 1 fully saturated rings. The molecule has 138 valence electrons. The molecule has 1 unspecified atom stereocenters. The zero-order chi connectivity index (χ0) is 17.6. The zero-order valence-corrected chi connectivity index (χ0v) is 15.6. The smallest absolute Gasteiger partial charge is 0.193 e. The lowest BCUT2D eigenvalue weighted by Gasteiger charge is -2.24. The monoisotopic (exact) mass is 367 g/mol. The molecule has 0 spiro atoms. The maximum absolute atomic E-state index is 6.36. The molecule has 1 saturated heterocycles. The minimum Gasteiger partial charge on any atom is -0.489 e. The van der Waals surface area contributed by atoms with Crippen molar-refractivity contribution >= 4 is 17.6 Å². The van der Waals surface area contributed by atoms with E-state index in [1.54, 1.807) is 7.05 Å². The summed E-state index contributed by atoms with van der Waals surface area (Å²) in [6.45, 7) is 4.52. The summed E-state index contributed by atoms with van der Waals surface area (Å²) in [6, 6.07) is 3.90. The number of nitrogens with one attached hydrogen (secondary N) is 1. The van der Waals surface area contributed by atoms with E-state index in [1.807, 2.05) is 12.1 Å². The van der Waals surface area contributed by atoms with E-state index >= 15 is 0 Å². The van der Waals surface area contributed by atoms with Gasteiger partial charge in [-0.2, -0.15) is 0 Å². The van der Waals surface area contributed by atoms with Gasteiger partial charge in [-0.05, 0) is 24.1 Å². The summed E-state index contributed by atoms with van der Waals surface area (Å²) in [5.74, 6) is 2.78. The van der Waals surface area contributed by atoms with Crippen LogP contribution in [0.5, 0.6) is 11.5 Å². The molecule has 0 bridgehead atoms. The normalized spacial score (nSPS) is 20.3. The second-order valence-electron chi connectivity index (χ2n) is 6.47. The van der Waals surface area contributed by atoms with E-state index in [0.29, 0.717) is 42.2 Å². The Labute approximate surface area is 154 Å². The number of nitrogens with zero attached hydrogens (tertiary/aromatic N) is 2. The standard InChI is InChI=1S/C18H26ClN3O3/c1-20-18(22(2)11-13-4-7-23-12-13)21-10-14-8-15(19)17-16(9-14)24-5-3-6-25-17/h8-9,13H,3-7,10-12H2,1-2H3,(H,20,21). The Bertz CT molecular complexity index is 618. The number of fused-ring (bicyclic) bond motifs is 1. The van der Waals surface area contributed by atoms with E-state index < -0.39 is 0 Å². The second-order valence-corrected chi connectivity index (χ2v) is 6.87. The van der Waals surface area contributed by atoms with Crippen LogP contribution in [0.2, 0.25) is 5.02 Å². The predicted octanol–water partition coefficient (Wildman–Crippen LogP) is 2.55. The van der Waals surface area contributed by atoms with Gasteiger partial charge in [-0.15, -0.1) is 0 Å². The van der Waals surface area contributed by atoms with Crippen LogP contribution in [0.15, 0.2) is 17.1 Å². The third kappa shape index (κ3) is 4.70. The summed E-state index contributed by atoms with van der Waals surface area (Å²) in [5, 5.41) is 3.97. The van der Waals surface area contributed by atoms with E-state index in [0.717, 1.165) is 44.1 Å². The van der Waals surface area contributed by atoms with Gasteiger partial charge in [0.2, 0.25) is 0 Å². The molecule has 2 aliphatic heterocycles. The molecule has 0 radical (unpaired) electrons. The molecule has 1 aromatic carbocycles. The molecule has 2 aliphatic rings. The number of guanidine groups is 1. The number of hydrogen-bond acceptors (Lipinski definition) is 4. The van der Waals surface area contributed by atoms with E-state index in [4.69, 9.17) is 25.8 Å². The average molecular weight is 368 g/mol. The summed E-state index contributed by atoms with van der Waals surface area (Å²) in [6.07, 6.45) is 1.97. The number of aliphatic imine (C=N–C) groups is 1. The third-order valence-corrected chi connectivity index (χ3v) is 4.72. The second kappa shape index (κ2) is 8.63. The van der Waals surface area contributed by atoms with Crippen LogP contribution >= 0.6 is 11.6 Å². The summed E-state index contributed by atoms with van der Waals surface area (Å²) in [5.41, 5.74) is 1.04. The first kappa shape index (κ1) is 18.1. The van der Waals surface area contributed by atoms with E-state index in [1.165, 1.54) is 0 Å². The highest BCUT2D eigenvalue weighted by atomic mass is 35.5. The Morgan fingerprint density at radius 2 is 2.16 bits per heavy atom. The summed E-state index contributed by atoms with van der Waals surface area (Å²) >= 11 is 6.36. The molecular formula is C18H26ClN3O3. The van der Waals surface area contributed by atoms with Crippen molar-refractivity contribution in [2.24, 2.45) is 10.9 Å². The maximum Gasteiger partial charge on any atom is 0.193 e. The van der Waals surface area contributed by atoms with Crippen molar-refractivity contribution in [3.05, 3.63) is 22.7 Å². The molecule has 0 aromatic heterocycles. The molecule has 3 rings (SSSR count). The van der Waals surface area contributed by atoms with Crippen molar-refractivity contribution in [2.45, 2.75) is 19.4 Å². The van der Waals surface area contributed by atoms with E-state index in [2.05, 4.69) is 22.3 Å². The fourth-order valence-electron chi connectivity index (χ4n) is 3.15. The lowest BCUT2D eigenvalue weighted by Crippen LogP contribution is -2.41. The number of rotatable bonds is 4. The van der Waals surface area contributed by atoms with Crippen LogP contribution in [-0.2, 0) is 11.3 Å². The molecule has 0 saturated carbocycles. The Morgan fingerprint density at radius 3 is 2.92 bits per heavy atom. The van der Waals surface area contributed by atoms with Crippen LogP contribution in [0.3, 0.4) is 0 Å². The lowest BCUT2D eigenvalue weighted by molar-refractivity contribution is 0.181. The fraction of sp³-hybridized carbons (Fsp3) is 0.611. The van der Waals surface area contributed by atoms with Crippen molar-refractivity contribution in [1.82, 2.24) is 10.2 Å². The number of halogens is 1. The molecule has 0 aliphatic carbocycles. The molecular weight excluding hydrogens is 342 g/mol. The Morgan fingerprint density at radius 1 is 1.32 bits per heavy atom. The highest BCUT2D eigenvalue weighted by molar-refractivity contribution is 6.32. The summed E-state index contributed by atoms with van der Waals surface area (Å²) < 4.78 is 16.9. The molecule has 6 nitrogen and oxygen atoms in total. The number of hydrogen-bond donors (Lipinski definition) is 1. The van der Waals surface area contributed by atoms with Crippen molar-refractivity contribution in [3.8, 4) is 11.5 Å². The topological polar surface area (TPSA) is 55.3 Å². The minimum absolute atomic E-state index is 0.566. The predicted molar refractivity (Wildman–Crippen MR) is 98.8 cm³/mol. The summed E-state index contributed by atoms with van der Waals surface area (Å²) in [4.78, 5) is 6.51. The van der Waals surface area contributed by atoms with Crippen molar-refractivity contribution < 1.29 is 14.2 Å². The molecule has 2 heterocycles. The molecule has 25 heavy (non-hydrogen) atoms. The molecule has 7 heteroatoms.